The smallest absolute Gasteiger partial charge is 0.313 e. The maximum Gasteiger partial charge on any atom is 0.313 e. The van der Waals surface area contributed by atoms with Gasteiger partial charge in [0, 0.05) is 18.1 Å². The molecular weight excluding hydrogens is 274 g/mol. The van der Waals surface area contributed by atoms with Crippen LogP contribution < -0.4 is 0 Å². The molecule has 0 unspecified atom stereocenters. The molecule has 5 nitrogen and oxygen atoms in total. The van der Waals surface area contributed by atoms with E-state index in [1.54, 1.807) is 6.20 Å². The maximum absolute atomic E-state index is 10.7. The molecule has 0 saturated heterocycles. The fourth-order valence-corrected chi connectivity index (χ4v) is 2.59. The van der Waals surface area contributed by atoms with Crippen LogP contribution in [0.25, 0.3) is 0 Å². The highest BCUT2D eigenvalue weighted by Crippen LogP contribution is 2.24. The molecule has 0 atom stereocenters. The number of rotatable bonds is 6. The van der Waals surface area contributed by atoms with Gasteiger partial charge >= 0.3 is 5.97 Å². The van der Waals surface area contributed by atoms with Crippen molar-refractivity contribution in [3.8, 4) is 0 Å². The van der Waals surface area contributed by atoms with Gasteiger partial charge in [-0.25, -0.2) is 4.98 Å². The Morgan fingerprint density at radius 2 is 2.20 bits per heavy atom. The average molecular weight is 291 g/mol. The minimum Gasteiger partial charge on any atom is -0.481 e. The van der Waals surface area contributed by atoms with E-state index in [4.69, 9.17) is 5.11 Å². The van der Waals surface area contributed by atoms with Gasteiger partial charge in [-0.15, -0.1) is 0 Å². The Labute approximate surface area is 122 Å². The molecule has 2 aromatic rings. The highest BCUT2D eigenvalue weighted by molar-refractivity contribution is 7.99. The van der Waals surface area contributed by atoms with Gasteiger partial charge in [-0.2, -0.15) is 0 Å². The van der Waals surface area contributed by atoms with Crippen LogP contribution in [0.4, 0.5) is 0 Å². The summed E-state index contributed by atoms with van der Waals surface area (Å²) in [5, 5.41) is 9.53. The van der Waals surface area contributed by atoms with Crippen molar-refractivity contribution in [3.05, 3.63) is 42.0 Å². The van der Waals surface area contributed by atoms with Gasteiger partial charge in [-0.3, -0.25) is 9.78 Å². The van der Waals surface area contributed by atoms with Crippen LogP contribution in [-0.4, -0.2) is 31.4 Å². The normalized spacial score (nSPS) is 10.9. The number of carbonyl (C=O) groups is 1. The van der Waals surface area contributed by atoms with E-state index in [0.717, 1.165) is 16.5 Å². The van der Waals surface area contributed by atoms with Gasteiger partial charge in [0.2, 0.25) is 0 Å². The van der Waals surface area contributed by atoms with Crippen LogP contribution in [0.5, 0.6) is 0 Å². The molecule has 0 bridgehead atoms. The van der Waals surface area contributed by atoms with Crippen molar-refractivity contribution >= 4 is 17.7 Å². The molecule has 2 aromatic heterocycles. The summed E-state index contributed by atoms with van der Waals surface area (Å²) in [4.78, 5) is 19.4. The summed E-state index contributed by atoms with van der Waals surface area (Å²) in [7, 11) is 0. The predicted octanol–water partition coefficient (Wildman–Crippen LogP) is 2.63. The highest BCUT2D eigenvalue weighted by Gasteiger charge is 2.15. The largest absolute Gasteiger partial charge is 0.481 e. The SMILES string of the molecule is CC(C)c1cnc(SCC(=O)O)n1Cc1ccccn1. The summed E-state index contributed by atoms with van der Waals surface area (Å²) in [5.74, 6) is -0.504. The monoisotopic (exact) mass is 291 g/mol. The third-order valence-electron chi connectivity index (χ3n) is 2.81. The molecular formula is C14H17N3O2S. The van der Waals surface area contributed by atoms with Crippen LogP contribution >= 0.6 is 11.8 Å². The average Bonchev–Trinajstić information content (AvgIpc) is 2.80. The molecule has 0 radical (unpaired) electrons. The second kappa shape index (κ2) is 6.56. The topological polar surface area (TPSA) is 68.0 Å². The number of aromatic nitrogens is 3. The van der Waals surface area contributed by atoms with Crippen molar-refractivity contribution < 1.29 is 9.90 Å². The number of carboxylic acid groups (broad SMARTS) is 1. The lowest BCUT2D eigenvalue weighted by Gasteiger charge is -2.13. The van der Waals surface area contributed by atoms with Crippen LogP contribution in [0.15, 0.2) is 35.7 Å². The Balaban J connectivity index is 2.27. The molecule has 106 valence electrons. The molecule has 0 aliphatic rings. The van der Waals surface area contributed by atoms with Gasteiger partial charge in [-0.05, 0) is 18.1 Å². The molecule has 0 aliphatic carbocycles. The van der Waals surface area contributed by atoms with E-state index in [9.17, 15) is 4.79 Å². The summed E-state index contributed by atoms with van der Waals surface area (Å²) < 4.78 is 2.04. The first-order chi connectivity index (χ1) is 9.58. The van der Waals surface area contributed by atoms with Crippen LogP contribution in [0.1, 0.15) is 31.2 Å². The van der Waals surface area contributed by atoms with Crippen LogP contribution in [0.2, 0.25) is 0 Å². The fraction of sp³-hybridized carbons (Fsp3) is 0.357. The zero-order chi connectivity index (χ0) is 14.5. The van der Waals surface area contributed by atoms with Gasteiger partial charge in [0.25, 0.3) is 0 Å². The molecule has 0 aromatic carbocycles. The maximum atomic E-state index is 10.7. The number of pyridine rings is 1. The number of carboxylic acids is 1. The number of nitrogens with zero attached hydrogens (tertiary/aromatic N) is 3. The van der Waals surface area contributed by atoms with Gasteiger partial charge in [-0.1, -0.05) is 31.7 Å². The molecule has 2 rings (SSSR count). The van der Waals surface area contributed by atoms with Gasteiger partial charge in [0.15, 0.2) is 5.16 Å². The Morgan fingerprint density at radius 1 is 1.40 bits per heavy atom. The summed E-state index contributed by atoms with van der Waals surface area (Å²) in [6.45, 7) is 4.80. The van der Waals surface area contributed by atoms with E-state index in [1.165, 1.54) is 11.8 Å². The van der Waals surface area contributed by atoms with Crippen molar-refractivity contribution in [3.63, 3.8) is 0 Å². The summed E-state index contributed by atoms with van der Waals surface area (Å²) in [5.41, 5.74) is 2.02. The number of hydrogen-bond donors (Lipinski definition) is 1. The molecule has 20 heavy (non-hydrogen) atoms. The van der Waals surface area contributed by atoms with E-state index < -0.39 is 5.97 Å². The lowest BCUT2D eigenvalue weighted by molar-refractivity contribution is -0.133. The van der Waals surface area contributed by atoms with Crippen molar-refractivity contribution in [1.82, 2.24) is 14.5 Å². The Bertz CT molecular complexity index is 581. The van der Waals surface area contributed by atoms with E-state index in [2.05, 4.69) is 23.8 Å². The van der Waals surface area contributed by atoms with Crippen molar-refractivity contribution in [2.75, 3.05) is 5.75 Å². The standard InChI is InChI=1S/C14H17N3O2S/c1-10(2)12-7-16-14(20-9-13(18)19)17(12)8-11-5-3-4-6-15-11/h3-7,10H,8-9H2,1-2H3,(H,18,19). The first-order valence-corrected chi connectivity index (χ1v) is 7.36. The van der Waals surface area contributed by atoms with E-state index in [-0.39, 0.29) is 5.75 Å². The van der Waals surface area contributed by atoms with Crippen LogP contribution in [-0.2, 0) is 11.3 Å². The molecule has 0 spiro atoms. The van der Waals surface area contributed by atoms with Gasteiger partial charge in [0.05, 0.1) is 18.0 Å². The third kappa shape index (κ3) is 3.60. The van der Waals surface area contributed by atoms with Crippen LogP contribution in [0.3, 0.4) is 0 Å². The molecule has 0 aliphatic heterocycles. The van der Waals surface area contributed by atoms with Crippen LogP contribution in [0, 0.1) is 0 Å². The van der Waals surface area contributed by atoms with E-state index in [0.29, 0.717) is 12.5 Å². The number of thioether (sulfide) groups is 1. The summed E-state index contributed by atoms with van der Waals surface area (Å²) in [6.07, 6.45) is 3.57. The third-order valence-corrected chi connectivity index (χ3v) is 3.79. The Hall–Kier alpha value is -1.82. The number of aliphatic carboxylic acids is 1. The van der Waals surface area contributed by atoms with Crippen molar-refractivity contribution in [2.45, 2.75) is 31.5 Å². The Kier molecular flexibility index (Phi) is 4.79. The fourth-order valence-electron chi connectivity index (χ4n) is 1.89. The number of imidazole rings is 1. The van der Waals surface area contributed by atoms with Gasteiger partial charge in [0.1, 0.15) is 0 Å². The lowest BCUT2D eigenvalue weighted by Crippen LogP contribution is -2.09. The second-order valence-corrected chi connectivity index (χ2v) is 5.65. The van der Waals surface area contributed by atoms with Gasteiger partial charge < -0.3 is 9.67 Å². The predicted molar refractivity (Wildman–Crippen MR) is 78.0 cm³/mol. The van der Waals surface area contributed by atoms with Crippen molar-refractivity contribution in [1.29, 1.82) is 0 Å². The quantitative estimate of drug-likeness (QED) is 0.829. The number of hydrogen-bond acceptors (Lipinski definition) is 4. The second-order valence-electron chi connectivity index (χ2n) is 4.71. The first kappa shape index (κ1) is 14.6. The molecule has 6 heteroatoms. The van der Waals surface area contributed by atoms with E-state index >= 15 is 0 Å². The minimum absolute atomic E-state index is 0.0107. The van der Waals surface area contributed by atoms with E-state index in [1.807, 2.05) is 29.0 Å². The molecule has 1 N–H and O–H groups in total. The highest BCUT2D eigenvalue weighted by atomic mass is 32.2. The summed E-state index contributed by atoms with van der Waals surface area (Å²) in [6, 6.07) is 5.77. The zero-order valence-electron chi connectivity index (χ0n) is 11.5. The molecule has 0 fully saturated rings. The minimum atomic E-state index is -0.839. The molecule has 0 amide bonds. The zero-order valence-corrected chi connectivity index (χ0v) is 12.3. The Morgan fingerprint density at radius 3 is 2.80 bits per heavy atom. The molecule has 0 saturated carbocycles. The van der Waals surface area contributed by atoms with Crippen molar-refractivity contribution in [2.24, 2.45) is 0 Å². The molecule has 2 heterocycles. The first-order valence-electron chi connectivity index (χ1n) is 6.38. The lowest BCUT2D eigenvalue weighted by atomic mass is 10.1. The summed E-state index contributed by atoms with van der Waals surface area (Å²) >= 11 is 1.24.